The second kappa shape index (κ2) is 4.19. The first-order valence-corrected chi connectivity index (χ1v) is 5.72. The molecule has 0 atom stereocenters. The van der Waals surface area contributed by atoms with E-state index in [-0.39, 0.29) is 5.01 Å². The first-order valence-electron chi connectivity index (χ1n) is 4.46. The van der Waals surface area contributed by atoms with Crippen molar-refractivity contribution in [1.82, 2.24) is 4.98 Å². The molecule has 0 amide bonds. The molecule has 2 nitrogen and oxygen atoms in total. The first kappa shape index (κ1) is 12.2. The molecule has 0 saturated carbocycles. The van der Waals surface area contributed by atoms with Gasteiger partial charge in [0.25, 0.3) is 0 Å². The van der Waals surface area contributed by atoms with E-state index in [9.17, 15) is 13.2 Å². The van der Waals surface area contributed by atoms with Gasteiger partial charge >= 0.3 is 6.18 Å². The molecule has 0 aliphatic carbocycles. The van der Waals surface area contributed by atoms with Crippen LogP contribution in [0.3, 0.4) is 0 Å². The number of halogens is 4. The van der Waals surface area contributed by atoms with Crippen LogP contribution in [-0.4, -0.2) is 4.98 Å². The normalized spacial score (nSPS) is 11.8. The van der Waals surface area contributed by atoms with Crippen molar-refractivity contribution in [2.45, 2.75) is 6.18 Å². The SMILES string of the molecule is Nc1ccc(Cl)c(-c2nc(C(F)(F)F)cs2)c1. The molecule has 2 N–H and O–H groups in total. The molecule has 1 heterocycles. The van der Waals surface area contributed by atoms with Crippen LogP contribution in [0.4, 0.5) is 18.9 Å². The minimum absolute atomic E-state index is 0.203. The summed E-state index contributed by atoms with van der Waals surface area (Å²) in [4.78, 5) is 3.51. The molecule has 0 fully saturated rings. The molecule has 0 radical (unpaired) electrons. The number of hydrogen-bond acceptors (Lipinski definition) is 3. The van der Waals surface area contributed by atoms with E-state index < -0.39 is 11.9 Å². The lowest BCUT2D eigenvalue weighted by Crippen LogP contribution is -2.04. The summed E-state index contributed by atoms with van der Waals surface area (Å²) in [7, 11) is 0. The smallest absolute Gasteiger partial charge is 0.399 e. The third kappa shape index (κ3) is 2.53. The predicted octanol–water partition coefficient (Wildman–Crippen LogP) is 4.06. The maximum atomic E-state index is 12.4. The van der Waals surface area contributed by atoms with Crippen LogP contribution >= 0.6 is 22.9 Å². The molecule has 7 heteroatoms. The number of nitrogen functional groups attached to an aromatic ring is 1. The molecule has 17 heavy (non-hydrogen) atoms. The van der Waals surface area contributed by atoms with Crippen LogP contribution in [0.25, 0.3) is 10.6 Å². The Hall–Kier alpha value is -1.27. The minimum Gasteiger partial charge on any atom is -0.399 e. The minimum atomic E-state index is -4.44. The monoisotopic (exact) mass is 278 g/mol. The van der Waals surface area contributed by atoms with Crippen molar-refractivity contribution < 1.29 is 13.2 Å². The average Bonchev–Trinajstić information content (AvgIpc) is 2.70. The van der Waals surface area contributed by atoms with E-state index in [0.717, 1.165) is 16.7 Å². The summed E-state index contributed by atoms with van der Waals surface area (Å²) in [5.41, 5.74) is 5.47. The van der Waals surface area contributed by atoms with Crippen molar-refractivity contribution in [2.75, 3.05) is 5.73 Å². The number of nitrogens with two attached hydrogens (primary N) is 1. The Labute approximate surface area is 104 Å². The van der Waals surface area contributed by atoms with Crippen molar-refractivity contribution in [1.29, 1.82) is 0 Å². The molecule has 0 aliphatic heterocycles. The summed E-state index contributed by atoms with van der Waals surface area (Å²) in [6.07, 6.45) is -4.44. The fourth-order valence-corrected chi connectivity index (χ4v) is 2.35. The van der Waals surface area contributed by atoms with Crippen LogP contribution in [0.15, 0.2) is 23.6 Å². The molecule has 2 rings (SSSR count). The van der Waals surface area contributed by atoms with Gasteiger partial charge in [0.1, 0.15) is 5.01 Å². The molecule has 0 bridgehead atoms. The number of nitrogens with zero attached hydrogens (tertiary/aromatic N) is 1. The number of alkyl halides is 3. The number of aromatic nitrogens is 1. The third-order valence-electron chi connectivity index (χ3n) is 2.02. The van der Waals surface area contributed by atoms with Gasteiger partial charge in [0.2, 0.25) is 0 Å². The molecular weight excluding hydrogens is 273 g/mol. The lowest BCUT2D eigenvalue weighted by atomic mass is 10.2. The largest absolute Gasteiger partial charge is 0.434 e. The maximum Gasteiger partial charge on any atom is 0.434 e. The lowest BCUT2D eigenvalue weighted by molar-refractivity contribution is -0.140. The molecule has 1 aromatic carbocycles. The average molecular weight is 279 g/mol. The molecule has 0 unspecified atom stereocenters. The topological polar surface area (TPSA) is 38.9 Å². The van der Waals surface area contributed by atoms with Crippen LogP contribution in [0.1, 0.15) is 5.69 Å². The van der Waals surface area contributed by atoms with E-state index in [2.05, 4.69) is 4.98 Å². The lowest BCUT2D eigenvalue weighted by Gasteiger charge is -2.02. The van der Waals surface area contributed by atoms with Crippen molar-refractivity contribution in [2.24, 2.45) is 0 Å². The summed E-state index contributed by atoms with van der Waals surface area (Å²) in [5.74, 6) is 0. The van der Waals surface area contributed by atoms with Gasteiger partial charge in [0.05, 0.1) is 5.02 Å². The summed E-state index contributed by atoms with van der Waals surface area (Å²) >= 11 is 6.77. The highest BCUT2D eigenvalue weighted by Gasteiger charge is 2.33. The van der Waals surface area contributed by atoms with Crippen molar-refractivity contribution in [3.05, 3.63) is 34.3 Å². The molecule has 0 aliphatic rings. The van der Waals surface area contributed by atoms with Crippen LogP contribution in [0.5, 0.6) is 0 Å². The number of anilines is 1. The van der Waals surface area contributed by atoms with Crippen molar-refractivity contribution in [3.8, 4) is 10.6 Å². The zero-order chi connectivity index (χ0) is 12.6. The zero-order valence-electron chi connectivity index (χ0n) is 8.25. The predicted molar refractivity (Wildman–Crippen MR) is 62.0 cm³/mol. The van der Waals surface area contributed by atoms with Crippen LogP contribution in [-0.2, 0) is 6.18 Å². The van der Waals surface area contributed by atoms with Gasteiger partial charge in [-0.05, 0) is 18.2 Å². The Morgan fingerprint density at radius 3 is 2.59 bits per heavy atom. The molecule has 90 valence electrons. The van der Waals surface area contributed by atoms with E-state index in [4.69, 9.17) is 17.3 Å². The third-order valence-corrected chi connectivity index (χ3v) is 3.22. The fraction of sp³-hybridized carbons (Fsp3) is 0.100. The Morgan fingerprint density at radius 2 is 2.00 bits per heavy atom. The van der Waals surface area contributed by atoms with E-state index in [1.165, 1.54) is 12.1 Å². The number of benzene rings is 1. The Kier molecular flexibility index (Phi) is 3.01. The molecule has 2 aromatic rings. The Morgan fingerprint density at radius 1 is 1.29 bits per heavy atom. The first-order chi connectivity index (χ1) is 7.88. The van der Waals surface area contributed by atoms with E-state index >= 15 is 0 Å². The fourth-order valence-electron chi connectivity index (χ4n) is 1.23. The van der Waals surface area contributed by atoms with Crippen LogP contribution < -0.4 is 5.73 Å². The van der Waals surface area contributed by atoms with Gasteiger partial charge in [0.15, 0.2) is 5.69 Å². The van der Waals surface area contributed by atoms with E-state index in [1.807, 2.05) is 0 Å². The van der Waals surface area contributed by atoms with Gasteiger partial charge in [0, 0.05) is 16.6 Å². The van der Waals surface area contributed by atoms with Gasteiger partial charge < -0.3 is 5.73 Å². The summed E-state index contributed by atoms with van der Waals surface area (Å²) in [5, 5.41) is 1.48. The molecule has 0 saturated heterocycles. The van der Waals surface area contributed by atoms with Crippen LogP contribution in [0.2, 0.25) is 5.02 Å². The number of hydrogen-bond donors (Lipinski definition) is 1. The van der Waals surface area contributed by atoms with Crippen molar-refractivity contribution in [3.63, 3.8) is 0 Å². The summed E-state index contributed by atoms with van der Waals surface area (Å²) in [6.45, 7) is 0. The molecular formula is C10H6ClF3N2S. The molecule has 1 aromatic heterocycles. The second-order valence-electron chi connectivity index (χ2n) is 3.27. The summed E-state index contributed by atoms with van der Waals surface area (Å²) < 4.78 is 37.1. The zero-order valence-corrected chi connectivity index (χ0v) is 9.83. The van der Waals surface area contributed by atoms with E-state index in [0.29, 0.717) is 16.3 Å². The number of rotatable bonds is 1. The molecule has 0 spiro atoms. The second-order valence-corrected chi connectivity index (χ2v) is 4.54. The maximum absolute atomic E-state index is 12.4. The highest BCUT2D eigenvalue weighted by Crippen LogP contribution is 2.36. The highest BCUT2D eigenvalue weighted by molar-refractivity contribution is 7.13. The number of thiazole rings is 1. The summed E-state index contributed by atoms with van der Waals surface area (Å²) in [6, 6.07) is 4.60. The van der Waals surface area contributed by atoms with Crippen LogP contribution in [0, 0.1) is 0 Å². The van der Waals surface area contributed by atoms with Gasteiger partial charge in [-0.2, -0.15) is 13.2 Å². The Bertz CT molecular complexity index is 551. The highest BCUT2D eigenvalue weighted by atomic mass is 35.5. The van der Waals surface area contributed by atoms with Gasteiger partial charge in [-0.15, -0.1) is 11.3 Å². The Balaban J connectivity index is 2.47. The quantitative estimate of drug-likeness (QED) is 0.799. The van der Waals surface area contributed by atoms with Gasteiger partial charge in [-0.25, -0.2) is 4.98 Å². The van der Waals surface area contributed by atoms with Gasteiger partial charge in [-0.3, -0.25) is 0 Å². The van der Waals surface area contributed by atoms with Gasteiger partial charge in [-0.1, -0.05) is 11.6 Å². The van der Waals surface area contributed by atoms with Crippen molar-refractivity contribution >= 4 is 28.6 Å². The standard InChI is InChI=1S/C10H6ClF3N2S/c11-7-2-1-5(15)3-6(7)9-16-8(4-17-9)10(12,13)14/h1-4H,15H2. The van der Waals surface area contributed by atoms with E-state index in [1.54, 1.807) is 6.07 Å².